The minimum Gasteiger partial charge on any atom is -0.492 e. The molecule has 6 heteroatoms. The lowest BCUT2D eigenvalue weighted by Crippen LogP contribution is -2.38. The molecule has 0 unspecified atom stereocenters. The molecule has 0 atom stereocenters. The van der Waals surface area contributed by atoms with E-state index in [9.17, 15) is 0 Å². The minimum absolute atomic E-state index is 0.605. The zero-order valence-electron chi connectivity index (χ0n) is 10.6. The quantitative estimate of drug-likeness (QED) is 0.510. The van der Waals surface area contributed by atoms with Crippen LogP contribution in [0, 0.1) is 0 Å². The normalized spacial score (nSPS) is 16.9. The number of oxime groups is 1. The highest BCUT2D eigenvalue weighted by molar-refractivity contribution is 9.10. The summed E-state index contributed by atoms with van der Waals surface area (Å²) in [6, 6.07) is 5.61. The molecule has 1 aromatic rings. The van der Waals surface area contributed by atoms with E-state index >= 15 is 0 Å². The summed E-state index contributed by atoms with van der Waals surface area (Å²) in [6.45, 7) is 4.97. The molecule has 1 aromatic carbocycles. The number of hydrogen-bond donors (Lipinski definition) is 1. The maximum Gasteiger partial charge on any atom is 0.128 e. The fourth-order valence-corrected chi connectivity index (χ4v) is 2.30. The van der Waals surface area contributed by atoms with Crippen LogP contribution in [-0.2, 0) is 4.74 Å². The van der Waals surface area contributed by atoms with E-state index in [2.05, 4.69) is 26.0 Å². The third kappa shape index (κ3) is 4.49. The van der Waals surface area contributed by atoms with E-state index in [1.54, 1.807) is 0 Å². The first kappa shape index (κ1) is 14.3. The standard InChI is InChI=1S/C13H17BrN2O3/c14-12-1-2-13(11(9-12)10-15-17)19-8-5-16-3-6-18-7-4-16/h1-2,9-10,17H,3-8H2. The highest BCUT2D eigenvalue weighted by Gasteiger charge is 2.10. The molecule has 1 aliphatic heterocycles. The van der Waals surface area contributed by atoms with Gasteiger partial charge < -0.3 is 14.7 Å². The van der Waals surface area contributed by atoms with E-state index in [0.29, 0.717) is 12.4 Å². The van der Waals surface area contributed by atoms with Crippen molar-refractivity contribution in [2.45, 2.75) is 0 Å². The molecule has 0 saturated carbocycles. The van der Waals surface area contributed by atoms with Gasteiger partial charge in [-0.1, -0.05) is 21.1 Å². The Hall–Kier alpha value is -1.11. The highest BCUT2D eigenvalue weighted by Crippen LogP contribution is 2.21. The van der Waals surface area contributed by atoms with Crippen LogP contribution < -0.4 is 4.74 Å². The van der Waals surface area contributed by atoms with Gasteiger partial charge in [-0.3, -0.25) is 4.90 Å². The van der Waals surface area contributed by atoms with Crippen LogP contribution in [0.5, 0.6) is 5.75 Å². The van der Waals surface area contributed by atoms with E-state index in [0.717, 1.165) is 42.9 Å². The van der Waals surface area contributed by atoms with Crippen molar-refractivity contribution in [1.82, 2.24) is 4.90 Å². The van der Waals surface area contributed by atoms with E-state index in [1.807, 2.05) is 18.2 Å². The van der Waals surface area contributed by atoms with E-state index in [1.165, 1.54) is 6.21 Å². The number of rotatable bonds is 5. The molecule has 0 amide bonds. The lowest BCUT2D eigenvalue weighted by atomic mass is 10.2. The second-order valence-corrected chi connectivity index (χ2v) is 5.14. The molecule has 0 aliphatic carbocycles. The molecule has 0 bridgehead atoms. The lowest BCUT2D eigenvalue weighted by Gasteiger charge is -2.26. The zero-order valence-corrected chi connectivity index (χ0v) is 12.2. The molecule has 1 aliphatic rings. The highest BCUT2D eigenvalue weighted by atomic mass is 79.9. The first-order valence-electron chi connectivity index (χ1n) is 6.19. The lowest BCUT2D eigenvalue weighted by molar-refractivity contribution is 0.0322. The third-order valence-corrected chi connectivity index (χ3v) is 3.43. The smallest absolute Gasteiger partial charge is 0.128 e. The fourth-order valence-electron chi connectivity index (χ4n) is 1.92. The second kappa shape index (κ2) is 7.47. The number of morpholine rings is 1. The van der Waals surface area contributed by atoms with Crippen LogP contribution in [0.1, 0.15) is 5.56 Å². The van der Waals surface area contributed by atoms with Crippen LogP contribution in [-0.4, -0.2) is 55.8 Å². The topological polar surface area (TPSA) is 54.3 Å². The Kier molecular flexibility index (Phi) is 5.62. The molecular weight excluding hydrogens is 312 g/mol. The second-order valence-electron chi connectivity index (χ2n) is 4.23. The van der Waals surface area contributed by atoms with Crippen molar-refractivity contribution in [3.8, 4) is 5.75 Å². The van der Waals surface area contributed by atoms with Gasteiger partial charge >= 0.3 is 0 Å². The summed E-state index contributed by atoms with van der Waals surface area (Å²) in [4.78, 5) is 2.31. The molecule has 0 spiro atoms. The Balaban J connectivity index is 1.87. The SMILES string of the molecule is ON=Cc1cc(Br)ccc1OCCN1CCOCC1. The predicted octanol–water partition coefficient (Wildman–Crippen LogP) is 1.97. The molecule has 0 radical (unpaired) electrons. The van der Waals surface area contributed by atoms with Gasteiger partial charge in [0.15, 0.2) is 0 Å². The molecule has 1 saturated heterocycles. The molecule has 0 aromatic heterocycles. The van der Waals surface area contributed by atoms with E-state index in [4.69, 9.17) is 14.7 Å². The van der Waals surface area contributed by atoms with Crippen molar-refractivity contribution in [3.63, 3.8) is 0 Å². The Bertz CT molecular complexity index is 434. The first-order chi connectivity index (χ1) is 9.29. The number of ether oxygens (including phenoxy) is 2. The number of nitrogens with zero attached hydrogens (tertiary/aromatic N) is 2. The van der Waals surface area contributed by atoms with Crippen molar-refractivity contribution < 1.29 is 14.7 Å². The van der Waals surface area contributed by atoms with Crippen molar-refractivity contribution in [2.24, 2.45) is 5.16 Å². The van der Waals surface area contributed by atoms with Gasteiger partial charge in [-0.15, -0.1) is 0 Å². The third-order valence-electron chi connectivity index (χ3n) is 2.94. The maximum atomic E-state index is 8.64. The first-order valence-corrected chi connectivity index (χ1v) is 6.99. The summed E-state index contributed by atoms with van der Waals surface area (Å²) in [5.74, 6) is 0.717. The number of hydrogen-bond acceptors (Lipinski definition) is 5. The van der Waals surface area contributed by atoms with Gasteiger partial charge in [-0.25, -0.2) is 0 Å². The van der Waals surface area contributed by atoms with Crippen LogP contribution in [0.2, 0.25) is 0 Å². The van der Waals surface area contributed by atoms with Gasteiger partial charge in [-0.2, -0.15) is 0 Å². The minimum atomic E-state index is 0.605. The fraction of sp³-hybridized carbons (Fsp3) is 0.462. The van der Waals surface area contributed by atoms with Crippen LogP contribution >= 0.6 is 15.9 Å². The van der Waals surface area contributed by atoms with Crippen molar-refractivity contribution in [3.05, 3.63) is 28.2 Å². The van der Waals surface area contributed by atoms with Gasteiger partial charge in [0.25, 0.3) is 0 Å². The summed E-state index contributed by atoms with van der Waals surface area (Å²) in [7, 11) is 0. The van der Waals surface area contributed by atoms with Crippen molar-refractivity contribution in [2.75, 3.05) is 39.5 Å². The van der Waals surface area contributed by atoms with E-state index in [-0.39, 0.29) is 0 Å². The largest absolute Gasteiger partial charge is 0.492 e. The summed E-state index contributed by atoms with van der Waals surface area (Å²) < 4.78 is 12.0. The summed E-state index contributed by atoms with van der Waals surface area (Å²) in [6.07, 6.45) is 1.37. The summed E-state index contributed by atoms with van der Waals surface area (Å²) in [5.41, 5.74) is 0.749. The molecule has 1 N–H and O–H groups in total. The molecule has 19 heavy (non-hydrogen) atoms. The Morgan fingerprint density at radius 2 is 2.21 bits per heavy atom. The van der Waals surface area contributed by atoms with E-state index < -0.39 is 0 Å². The van der Waals surface area contributed by atoms with Gasteiger partial charge in [0.1, 0.15) is 12.4 Å². The molecule has 1 fully saturated rings. The zero-order chi connectivity index (χ0) is 13.5. The average molecular weight is 329 g/mol. The number of benzene rings is 1. The van der Waals surface area contributed by atoms with Crippen LogP contribution in [0.25, 0.3) is 0 Å². The van der Waals surface area contributed by atoms with Gasteiger partial charge in [-0.05, 0) is 18.2 Å². The summed E-state index contributed by atoms with van der Waals surface area (Å²) in [5, 5.41) is 11.7. The predicted molar refractivity (Wildman–Crippen MR) is 76.3 cm³/mol. The maximum absolute atomic E-state index is 8.64. The van der Waals surface area contributed by atoms with Crippen molar-refractivity contribution >= 4 is 22.1 Å². The van der Waals surface area contributed by atoms with Crippen molar-refractivity contribution in [1.29, 1.82) is 0 Å². The summed E-state index contributed by atoms with van der Waals surface area (Å²) >= 11 is 3.38. The van der Waals surface area contributed by atoms with Gasteiger partial charge in [0.2, 0.25) is 0 Å². The van der Waals surface area contributed by atoms with Crippen LogP contribution in [0.4, 0.5) is 0 Å². The Labute approximate surface area is 120 Å². The Morgan fingerprint density at radius 1 is 1.42 bits per heavy atom. The van der Waals surface area contributed by atoms with Gasteiger partial charge in [0.05, 0.1) is 19.4 Å². The molecule has 2 rings (SSSR count). The monoisotopic (exact) mass is 328 g/mol. The van der Waals surface area contributed by atoms with Crippen LogP contribution in [0.3, 0.4) is 0 Å². The Morgan fingerprint density at radius 3 is 2.95 bits per heavy atom. The van der Waals surface area contributed by atoms with Crippen LogP contribution in [0.15, 0.2) is 27.8 Å². The molecule has 104 valence electrons. The number of halogens is 1. The van der Waals surface area contributed by atoms with Gasteiger partial charge in [0, 0.05) is 29.7 Å². The molecular formula is C13H17BrN2O3. The average Bonchev–Trinajstić information content (AvgIpc) is 2.43. The molecule has 5 nitrogen and oxygen atoms in total. The molecule has 1 heterocycles.